The van der Waals surface area contributed by atoms with Crippen LogP contribution in [0.2, 0.25) is 0 Å². The van der Waals surface area contributed by atoms with Crippen molar-refractivity contribution in [3.05, 3.63) is 0 Å². The predicted molar refractivity (Wildman–Crippen MR) is 77.6 cm³/mol. The third kappa shape index (κ3) is 21.2. The van der Waals surface area contributed by atoms with Crippen LogP contribution in [0.5, 0.6) is 0 Å². The molecule has 0 aliphatic rings. The van der Waals surface area contributed by atoms with Gasteiger partial charge in [-0.05, 0) is 0 Å². The summed E-state index contributed by atoms with van der Waals surface area (Å²) in [5.41, 5.74) is 0. The van der Waals surface area contributed by atoms with Crippen molar-refractivity contribution in [3.8, 4) is 0 Å². The van der Waals surface area contributed by atoms with E-state index in [4.69, 9.17) is 29.4 Å². The van der Waals surface area contributed by atoms with Gasteiger partial charge in [0, 0.05) is 19.6 Å². The molecule has 13 nitrogen and oxygen atoms in total. The Balaban J connectivity index is 0. The van der Waals surface area contributed by atoms with Gasteiger partial charge in [0.1, 0.15) is 0 Å². The van der Waals surface area contributed by atoms with Crippen LogP contribution in [0.4, 0.5) is 0 Å². The van der Waals surface area contributed by atoms with Gasteiger partial charge in [-0.15, -0.1) is 0 Å². The summed E-state index contributed by atoms with van der Waals surface area (Å²) in [6.45, 7) is -1.55. The number of phosphoric acid groups is 3. The van der Waals surface area contributed by atoms with Crippen molar-refractivity contribution in [1.82, 2.24) is 4.90 Å². The van der Waals surface area contributed by atoms with E-state index in [9.17, 15) is 13.7 Å². The van der Waals surface area contributed by atoms with Crippen LogP contribution in [0.25, 0.3) is 0 Å². The molecular weight excluding hydrogens is 394 g/mol. The maximum atomic E-state index is 10.5. The molecule has 6 N–H and O–H groups in total. The minimum atomic E-state index is -4.67. The van der Waals surface area contributed by atoms with Gasteiger partial charge in [0.2, 0.25) is 0 Å². The molecule has 0 saturated carbocycles. The van der Waals surface area contributed by atoms with Crippen molar-refractivity contribution in [1.29, 1.82) is 0 Å². The van der Waals surface area contributed by atoms with Gasteiger partial charge in [-0.25, -0.2) is 13.7 Å². The van der Waals surface area contributed by atoms with E-state index in [2.05, 4.69) is 13.6 Å². The fourth-order valence-electron chi connectivity index (χ4n) is 1.20. The van der Waals surface area contributed by atoms with Gasteiger partial charge >= 0.3 is 53.0 Å². The molecule has 0 saturated heterocycles. The second-order valence-electron chi connectivity index (χ2n) is 3.81. The van der Waals surface area contributed by atoms with Crippen LogP contribution in [0, 0.1) is 0 Å². The Morgan fingerprint density at radius 1 is 0.609 bits per heavy atom. The van der Waals surface area contributed by atoms with Crippen LogP contribution in [0.15, 0.2) is 0 Å². The molecule has 0 aromatic rings. The first-order valence-corrected chi connectivity index (χ1v) is 10.2. The number of hydrogen-bond acceptors (Lipinski definition) is 7. The molecule has 0 radical (unpaired) electrons. The van der Waals surface area contributed by atoms with Gasteiger partial charge in [0.25, 0.3) is 0 Å². The monoisotopic (exact) mass is 413 g/mol. The molecule has 0 atom stereocenters. The van der Waals surface area contributed by atoms with E-state index in [0.29, 0.717) is 0 Å². The summed E-state index contributed by atoms with van der Waals surface area (Å²) in [5.74, 6) is 0. The van der Waals surface area contributed by atoms with Gasteiger partial charge < -0.3 is 29.4 Å². The average molecular weight is 413 g/mol. The van der Waals surface area contributed by atoms with Crippen molar-refractivity contribution in [2.45, 2.75) is 0 Å². The molecular formula is C6H19NNaO12P3. The van der Waals surface area contributed by atoms with Gasteiger partial charge in [-0.1, -0.05) is 0 Å². The minimum absolute atomic E-state index is 0. The zero-order valence-electron chi connectivity index (χ0n) is 11.2. The predicted octanol–water partition coefficient (Wildman–Crippen LogP) is -2.03. The Hall–Kier alpha value is 1.29. The first-order chi connectivity index (χ1) is 9.79. The van der Waals surface area contributed by atoms with Gasteiger partial charge in [0.15, 0.2) is 0 Å². The first kappa shape index (κ1) is 26.5. The summed E-state index contributed by atoms with van der Waals surface area (Å²) in [6.07, 6.45) is 0. The summed E-state index contributed by atoms with van der Waals surface area (Å²) in [6, 6.07) is 0. The molecule has 0 aliphatic carbocycles. The van der Waals surface area contributed by atoms with Crippen LogP contribution < -0.4 is 0 Å². The third-order valence-electron chi connectivity index (χ3n) is 2.00. The van der Waals surface area contributed by atoms with E-state index in [1.54, 1.807) is 0 Å². The molecule has 0 amide bonds. The Kier molecular flexibility index (Phi) is 13.6. The van der Waals surface area contributed by atoms with Gasteiger partial charge in [0.05, 0.1) is 19.8 Å². The Morgan fingerprint density at radius 3 is 1.00 bits per heavy atom. The number of phosphoric ester groups is 3. The molecule has 136 valence electrons. The number of hydrogen-bond donors (Lipinski definition) is 6. The zero-order chi connectivity index (χ0) is 17.4. The molecule has 0 bridgehead atoms. The van der Waals surface area contributed by atoms with E-state index in [0.717, 1.165) is 0 Å². The molecule has 0 unspecified atom stereocenters. The Labute approximate surface area is 153 Å². The van der Waals surface area contributed by atoms with E-state index in [-0.39, 0.29) is 49.2 Å². The van der Waals surface area contributed by atoms with Crippen LogP contribution in [0.3, 0.4) is 0 Å². The summed E-state index contributed by atoms with van der Waals surface area (Å²) in [7, 11) is -14.0. The van der Waals surface area contributed by atoms with Crippen molar-refractivity contribution in [2.24, 2.45) is 0 Å². The van der Waals surface area contributed by atoms with E-state index < -0.39 is 43.3 Å². The summed E-state index contributed by atoms with van der Waals surface area (Å²) < 4.78 is 44.1. The maximum absolute atomic E-state index is 10.5. The first-order valence-electron chi connectivity index (χ1n) is 5.61. The summed E-state index contributed by atoms with van der Waals surface area (Å²) >= 11 is 0. The van der Waals surface area contributed by atoms with Crippen molar-refractivity contribution >= 4 is 53.0 Å². The fraction of sp³-hybridized carbons (Fsp3) is 1.00. The molecule has 0 heterocycles. The van der Waals surface area contributed by atoms with Crippen molar-refractivity contribution in [2.75, 3.05) is 39.5 Å². The summed E-state index contributed by atoms with van der Waals surface area (Å²) in [4.78, 5) is 52.4. The molecule has 23 heavy (non-hydrogen) atoms. The quantitative estimate of drug-likeness (QED) is 0.151. The van der Waals surface area contributed by atoms with Gasteiger partial charge in [-0.2, -0.15) is 0 Å². The average Bonchev–Trinajstić information content (AvgIpc) is 2.23. The topological polar surface area (TPSA) is 204 Å². The molecule has 17 heteroatoms. The van der Waals surface area contributed by atoms with Crippen molar-refractivity contribution in [3.63, 3.8) is 0 Å². The fourth-order valence-corrected chi connectivity index (χ4v) is 2.16. The van der Waals surface area contributed by atoms with E-state index in [1.165, 1.54) is 4.90 Å². The Bertz CT molecular complexity index is 391. The van der Waals surface area contributed by atoms with Gasteiger partial charge in [-0.3, -0.25) is 18.5 Å². The van der Waals surface area contributed by atoms with Crippen molar-refractivity contribution < 1.29 is 56.6 Å². The summed E-state index contributed by atoms with van der Waals surface area (Å²) in [5, 5.41) is 0. The van der Waals surface area contributed by atoms with Crippen LogP contribution in [-0.2, 0) is 27.3 Å². The Morgan fingerprint density at radius 2 is 0.826 bits per heavy atom. The normalized spacial score (nSPS) is 13.2. The van der Waals surface area contributed by atoms with E-state index in [1.807, 2.05) is 0 Å². The van der Waals surface area contributed by atoms with Crippen LogP contribution >= 0.6 is 23.5 Å². The standard InChI is InChI=1S/C6H18NO12P3.Na.H/c8-20(9,10)17-4-1-7(2-5-18-21(11,12)13)3-6-19-22(14,15)16;;/h1-6H2,(H2,8,9,10)(H2,11,12,13)(H2,14,15,16);;. The number of rotatable bonds is 12. The molecule has 0 aliphatic heterocycles. The zero-order valence-corrected chi connectivity index (χ0v) is 13.8. The van der Waals surface area contributed by atoms with Crippen LogP contribution in [-0.4, -0.2) is 103 Å². The molecule has 0 aromatic carbocycles. The molecule has 0 rings (SSSR count). The molecule has 0 spiro atoms. The second kappa shape index (κ2) is 11.8. The molecule has 0 fully saturated rings. The number of nitrogens with zero attached hydrogens (tertiary/aromatic N) is 1. The van der Waals surface area contributed by atoms with Crippen LogP contribution in [0.1, 0.15) is 0 Å². The van der Waals surface area contributed by atoms with E-state index >= 15 is 0 Å². The molecule has 0 aromatic heterocycles. The third-order valence-corrected chi connectivity index (χ3v) is 3.56. The second-order valence-corrected chi connectivity index (χ2v) is 7.53. The SMILES string of the molecule is O=P(O)(O)OCCN(CCOP(=O)(O)O)CCOP(=O)(O)O.[NaH].